The molecule has 0 bridgehead atoms. The molecule has 0 saturated carbocycles. The van der Waals surface area contributed by atoms with Crippen LogP contribution in [0.1, 0.15) is 29.2 Å². The average Bonchev–Trinajstić information content (AvgIpc) is 3.15. The Morgan fingerprint density at radius 1 is 0.483 bits per heavy atom. The second-order valence-electron chi connectivity index (χ2n) is 12.6. The zero-order valence-corrected chi connectivity index (χ0v) is 30.4. The van der Waals surface area contributed by atoms with Gasteiger partial charge < -0.3 is 75.1 Å². The molecule has 0 spiro atoms. The molecule has 0 heterocycles. The van der Waals surface area contributed by atoms with E-state index in [1.165, 1.54) is 0 Å². The van der Waals surface area contributed by atoms with Crippen LogP contribution in [0.4, 0.5) is 0 Å². The number of rotatable bonds is 16. The summed E-state index contributed by atoms with van der Waals surface area (Å²) < 4.78 is 20.5. The molecule has 0 fully saturated rings. The smallest absolute Gasteiger partial charge is 0.358 e. The van der Waals surface area contributed by atoms with Gasteiger partial charge in [0.1, 0.15) is 0 Å². The van der Waals surface area contributed by atoms with E-state index in [4.69, 9.17) is 18.9 Å². The number of phenols is 8. The Morgan fingerprint density at radius 2 is 0.833 bits per heavy atom. The van der Waals surface area contributed by atoms with Crippen molar-refractivity contribution in [2.45, 2.75) is 43.2 Å². The molecule has 0 aliphatic heterocycles. The number of phenolic OH excluding ortho intramolecular Hbond substituents is 8. The lowest BCUT2D eigenvalue weighted by atomic mass is 9.72. The Morgan fingerprint density at radius 3 is 1.17 bits per heavy atom. The van der Waals surface area contributed by atoms with E-state index in [0.29, 0.717) is 43.3 Å². The van der Waals surface area contributed by atoms with E-state index in [1.54, 1.807) is 0 Å². The predicted octanol–water partition coefficient (Wildman–Crippen LogP) is 1.09. The zero-order chi connectivity index (χ0) is 44.9. The first kappa shape index (κ1) is 44.3. The Balaban J connectivity index is 1.99. The molecule has 22 heteroatoms. The number of carbonyl (C=O) groups is 7. The van der Waals surface area contributed by atoms with E-state index < -0.39 is 135 Å². The summed E-state index contributed by atoms with van der Waals surface area (Å²) in [6.07, 6.45) is -8.07. The maximum absolute atomic E-state index is 14.5. The van der Waals surface area contributed by atoms with E-state index in [-0.39, 0.29) is 11.1 Å². The maximum atomic E-state index is 14.5. The molecular weight excluding hydrogens is 808 g/mol. The van der Waals surface area contributed by atoms with Gasteiger partial charge in [0.25, 0.3) is 11.2 Å². The van der Waals surface area contributed by atoms with Gasteiger partial charge in [-0.15, -0.1) is 0 Å². The monoisotopic (exact) mass is 840 g/mol. The fourth-order valence-corrected chi connectivity index (χ4v) is 5.75. The minimum absolute atomic E-state index is 0.121. The summed E-state index contributed by atoms with van der Waals surface area (Å²) in [6, 6.07) is 8.66. The molecule has 4 aromatic carbocycles. The second-order valence-corrected chi connectivity index (χ2v) is 12.6. The minimum atomic E-state index is -4.17. The molecule has 0 aliphatic rings. The molecule has 0 aromatic heterocycles. The molecule has 0 aliphatic carbocycles. The molecule has 0 radical (unpaired) electrons. The molecule has 4 rings (SSSR count). The van der Waals surface area contributed by atoms with Crippen molar-refractivity contribution in [3.63, 3.8) is 0 Å². The van der Waals surface area contributed by atoms with Crippen LogP contribution in [0.2, 0.25) is 0 Å². The topological polar surface area (TPSA) is 379 Å². The van der Waals surface area contributed by atoms with Crippen molar-refractivity contribution in [1.82, 2.24) is 0 Å². The van der Waals surface area contributed by atoms with Crippen LogP contribution in [0, 0.1) is 0 Å². The van der Waals surface area contributed by atoms with Gasteiger partial charge in [-0.25, -0.2) is 19.2 Å². The summed E-state index contributed by atoms with van der Waals surface area (Å²) >= 11 is 0. The number of esters is 4. The highest BCUT2D eigenvalue weighted by Gasteiger charge is 2.71. The van der Waals surface area contributed by atoms with Gasteiger partial charge in [-0.05, 0) is 59.7 Å². The van der Waals surface area contributed by atoms with Crippen LogP contribution in [0.15, 0.2) is 72.8 Å². The molecule has 22 nitrogen and oxygen atoms in total. The normalized spacial score (nSPS) is 13.9. The largest absolute Gasteiger partial charge is 0.504 e. The number of hydrogen-bond donors (Lipinski definition) is 11. The van der Waals surface area contributed by atoms with Crippen molar-refractivity contribution in [2.75, 3.05) is 0 Å². The number of ether oxygens (including phenoxy) is 4. The summed E-state index contributed by atoms with van der Waals surface area (Å²) in [5.74, 6) is -21.7. The Hall–Kier alpha value is -8.43. The van der Waals surface area contributed by atoms with Gasteiger partial charge in [-0.1, -0.05) is 24.3 Å². The summed E-state index contributed by atoms with van der Waals surface area (Å²) in [6.45, 7) is 0.556. The fraction of sp³-hybridized carbons (Fsp3) is 0.184. The maximum Gasteiger partial charge on any atom is 0.358 e. The molecular formula is C38H32O22. The summed E-state index contributed by atoms with van der Waals surface area (Å²) in [4.78, 5) is 93.6. The average molecular weight is 841 g/mol. The molecule has 11 N–H and O–H groups in total. The van der Waals surface area contributed by atoms with Gasteiger partial charge >= 0.3 is 41.8 Å². The van der Waals surface area contributed by atoms with E-state index >= 15 is 0 Å². The molecule has 316 valence electrons. The summed E-state index contributed by atoms with van der Waals surface area (Å²) in [5.41, 5.74) is -10.7. The van der Waals surface area contributed by atoms with Crippen LogP contribution in [0.5, 0.6) is 46.0 Å². The molecule has 0 unspecified atom stereocenters. The first-order chi connectivity index (χ1) is 28.0. The van der Waals surface area contributed by atoms with Crippen LogP contribution in [0.25, 0.3) is 0 Å². The zero-order valence-electron chi connectivity index (χ0n) is 30.4. The van der Waals surface area contributed by atoms with Gasteiger partial charge in [0.2, 0.25) is 12.2 Å². The van der Waals surface area contributed by atoms with Crippen molar-refractivity contribution in [2.24, 2.45) is 0 Å². The third-order valence-electron chi connectivity index (χ3n) is 8.46. The van der Waals surface area contributed by atoms with Gasteiger partial charge in [0.05, 0.1) is 12.8 Å². The molecule has 0 amide bonds. The molecule has 4 atom stereocenters. The highest BCUT2D eigenvalue weighted by Crippen LogP contribution is 2.50. The van der Waals surface area contributed by atoms with Crippen molar-refractivity contribution in [3.05, 3.63) is 95.1 Å². The van der Waals surface area contributed by atoms with Gasteiger partial charge in [0.15, 0.2) is 46.0 Å². The number of benzene rings is 4. The van der Waals surface area contributed by atoms with Crippen LogP contribution in [-0.2, 0) is 76.6 Å². The molecule has 0 saturated heterocycles. The number of carbonyl (C=O) groups excluding carboxylic acids is 4. The number of aromatic hydroxyl groups is 8. The van der Waals surface area contributed by atoms with Gasteiger partial charge in [-0.2, -0.15) is 0 Å². The van der Waals surface area contributed by atoms with Crippen molar-refractivity contribution < 1.29 is 109 Å². The van der Waals surface area contributed by atoms with E-state index in [2.05, 4.69) is 0 Å². The third kappa shape index (κ3) is 8.91. The van der Waals surface area contributed by atoms with Crippen molar-refractivity contribution >= 4 is 41.8 Å². The minimum Gasteiger partial charge on any atom is -0.504 e. The highest BCUT2D eigenvalue weighted by molar-refractivity contribution is 5.98. The summed E-state index contributed by atoms with van der Waals surface area (Å²) in [7, 11) is 0. The molecule has 60 heavy (non-hydrogen) atoms. The van der Waals surface area contributed by atoms with Crippen LogP contribution >= 0.6 is 0 Å². The Bertz CT molecular complexity index is 2390. The third-order valence-corrected chi connectivity index (χ3v) is 8.46. The van der Waals surface area contributed by atoms with Crippen LogP contribution in [-0.4, -0.2) is 110 Å². The second kappa shape index (κ2) is 17.4. The predicted molar refractivity (Wildman–Crippen MR) is 190 cm³/mol. The quantitative estimate of drug-likeness (QED) is 0.0427. The highest BCUT2D eigenvalue weighted by atomic mass is 16.7. The fourth-order valence-electron chi connectivity index (χ4n) is 5.75. The summed E-state index contributed by atoms with van der Waals surface area (Å²) in [5, 5.41) is 112. The van der Waals surface area contributed by atoms with Gasteiger partial charge in [0, 0.05) is 18.1 Å². The molecule has 4 aromatic rings. The Labute approximate surface area is 334 Å². The number of carboxylic acid groups (broad SMARTS) is 3. The SMILES string of the molecule is CC(=O)O[C@](C(=O)O)(c1ccc(O)c(O)c1)[C@@](OC(=O)[C@H](OC(=O)Cc1ccc(O)c(O)c1)[C@@H](OC(=O)Cc1ccc(O)c(O)c1)C(=O)O)(C(=O)O)c1ccc(O)c(O)c1. The first-order valence-electron chi connectivity index (χ1n) is 16.6. The number of carboxylic acids is 3. The van der Waals surface area contributed by atoms with Crippen LogP contribution < -0.4 is 0 Å². The number of hydrogen-bond acceptors (Lipinski definition) is 19. The number of aliphatic carboxylic acids is 3. The van der Waals surface area contributed by atoms with Gasteiger partial charge in [-0.3, -0.25) is 14.4 Å². The lowest BCUT2D eigenvalue weighted by Gasteiger charge is -2.43. The van der Waals surface area contributed by atoms with Crippen molar-refractivity contribution in [3.8, 4) is 46.0 Å². The van der Waals surface area contributed by atoms with E-state index in [1.807, 2.05) is 0 Å². The standard InChI is InChI=1S/C38H32O22/c1-16(39)59-37(35(53)54,19-4-8-23(42)27(46)14-19)38(36(55)56,20-5-9-24(43)28(47)15-20)60-34(52)32(58-30(49)13-18-3-7-22(41)26(45)11-18)31(33(50)51)57-29(48)12-17-2-6-21(40)25(44)10-17/h2-11,14-15,31-32,40-47H,12-13H2,1H3,(H,50,51)(H,53,54)(H,55,56)/t31-,32-,37+,38+/m1/s1. The Kier molecular flexibility index (Phi) is 12.8. The van der Waals surface area contributed by atoms with E-state index in [9.17, 15) is 89.7 Å². The van der Waals surface area contributed by atoms with E-state index in [0.717, 1.165) is 36.4 Å². The first-order valence-corrected chi connectivity index (χ1v) is 16.6. The lowest BCUT2D eigenvalue weighted by molar-refractivity contribution is -0.240. The van der Waals surface area contributed by atoms with Crippen LogP contribution in [0.3, 0.4) is 0 Å². The lowest BCUT2D eigenvalue weighted by Crippen LogP contribution is -2.64. The van der Waals surface area contributed by atoms with Crippen molar-refractivity contribution in [1.29, 1.82) is 0 Å².